The van der Waals surface area contributed by atoms with E-state index in [-0.39, 0.29) is 11.9 Å². The lowest BCUT2D eigenvalue weighted by Gasteiger charge is -2.15. The van der Waals surface area contributed by atoms with Crippen LogP contribution in [0.3, 0.4) is 0 Å². The molecule has 90 valence electrons. The summed E-state index contributed by atoms with van der Waals surface area (Å²) in [5, 5.41) is 2.93. The van der Waals surface area contributed by atoms with Crippen molar-refractivity contribution < 1.29 is 4.39 Å². The van der Waals surface area contributed by atoms with Crippen LogP contribution in [-0.2, 0) is 6.42 Å². The Morgan fingerprint density at radius 1 is 1.47 bits per heavy atom. The number of hydrazine groups is 1. The number of nitrogens with zero attached hydrogens (tertiary/aromatic N) is 1. The standard InChI is InChI=1S/C12H14FN3S/c1-8-7-17-12(15-8)6-11(16-14)9-4-2-3-5-10(9)13/h2-5,7,11,16H,6,14H2,1H3. The van der Waals surface area contributed by atoms with Crippen molar-refractivity contribution in [1.29, 1.82) is 0 Å². The molecule has 0 aliphatic heterocycles. The van der Waals surface area contributed by atoms with Crippen molar-refractivity contribution in [3.63, 3.8) is 0 Å². The summed E-state index contributed by atoms with van der Waals surface area (Å²) in [5.41, 5.74) is 4.20. The quantitative estimate of drug-likeness (QED) is 0.648. The molecule has 5 heteroatoms. The molecule has 0 aliphatic rings. The van der Waals surface area contributed by atoms with Crippen LogP contribution in [0.4, 0.5) is 4.39 Å². The van der Waals surface area contributed by atoms with Gasteiger partial charge in [0.05, 0.1) is 11.0 Å². The zero-order valence-corrected chi connectivity index (χ0v) is 10.3. The number of hydrogen-bond donors (Lipinski definition) is 2. The molecule has 0 aliphatic carbocycles. The van der Waals surface area contributed by atoms with Gasteiger partial charge in [-0.15, -0.1) is 11.3 Å². The van der Waals surface area contributed by atoms with Gasteiger partial charge < -0.3 is 0 Å². The molecule has 0 saturated heterocycles. The summed E-state index contributed by atoms with van der Waals surface area (Å²) in [4.78, 5) is 4.35. The minimum absolute atomic E-state index is 0.247. The molecule has 2 rings (SSSR count). The monoisotopic (exact) mass is 251 g/mol. The summed E-state index contributed by atoms with van der Waals surface area (Å²) in [7, 11) is 0. The number of aromatic nitrogens is 1. The highest BCUT2D eigenvalue weighted by atomic mass is 32.1. The predicted octanol–water partition coefficient (Wildman–Crippen LogP) is 2.34. The van der Waals surface area contributed by atoms with E-state index in [4.69, 9.17) is 5.84 Å². The van der Waals surface area contributed by atoms with Crippen LogP contribution < -0.4 is 11.3 Å². The fourth-order valence-corrected chi connectivity index (χ4v) is 2.51. The van der Waals surface area contributed by atoms with Crippen LogP contribution in [0.5, 0.6) is 0 Å². The maximum atomic E-state index is 13.6. The summed E-state index contributed by atoms with van der Waals surface area (Å²) in [5.74, 6) is 5.24. The van der Waals surface area contributed by atoms with Crippen molar-refractivity contribution in [3.05, 3.63) is 51.7 Å². The first kappa shape index (κ1) is 12.2. The van der Waals surface area contributed by atoms with E-state index in [9.17, 15) is 4.39 Å². The normalized spacial score (nSPS) is 12.6. The summed E-state index contributed by atoms with van der Waals surface area (Å²) in [6.07, 6.45) is 0.593. The molecule has 3 nitrogen and oxygen atoms in total. The van der Waals surface area contributed by atoms with Crippen LogP contribution in [0.25, 0.3) is 0 Å². The third kappa shape index (κ3) is 2.88. The second kappa shape index (κ2) is 5.35. The number of hydrogen-bond acceptors (Lipinski definition) is 4. The lowest BCUT2D eigenvalue weighted by Crippen LogP contribution is -2.30. The average Bonchev–Trinajstić information content (AvgIpc) is 2.73. The molecule has 0 fully saturated rings. The molecular weight excluding hydrogens is 237 g/mol. The first-order valence-electron chi connectivity index (χ1n) is 5.32. The van der Waals surface area contributed by atoms with Crippen LogP contribution >= 0.6 is 11.3 Å². The van der Waals surface area contributed by atoms with Crippen molar-refractivity contribution in [3.8, 4) is 0 Å². The van der Waals surface area contributed by atoms with Gasteiger partial charge in [-0.25, -0.2) is 9.37 Å². The Morgan fingerprint density at radius 2 is 2.24 bits per heavy atom. The van der Waals surface area contributed by atoms with Gasteiger partial charge in [0.15, 0.2) is 0 Å². The number of benzene rings is 1. The number of halogens is 1. The van der Waals surface area contributed by atoms with Crippen molar-refractivity contribution >= 4 is 11.3 Å². The summed E-state index contributed by atoms with van der Waals surface area (Å²) >= 11 is 1.56. The Hall–Kier alpha value is -1.30. The molecule has 1 unspecified atom stereocenters. The SMILES string of the molecule is Cc1csc(CC(NN)c2ccccc2F)n1. The van der Waals surface area contributed by atoms with Crippen molar-refractivity contribution in [2.75, 3.05) is 0 Å². The Balaban J connectivity index is 2.20. The van der Waals surface area contributed by atoms with Gasteiger partial charge >= 0.3 is 0 Å². The van der Waals surface area contributed by atoms with E-state index in [0.717, 1.165) is 10.7 Å². The Bertz CT molecular complexity index is 498. The van der Waals surface area contributed by atoms with Gasteiger partial charge in [-0.05, 0) is 13.0 Å². The van der Waals surface area contributed by atoms with Gasteiger partial charge in [0.2, 0.25) is 0 Å². The summed E-state index contributed by atoms with van der Waals surface area (Å²) < 4.78 is 13.6. The van der Waals surface area contributed by atoms with E-state index < -0.39 is 0 Å². The van der Waals surface area contributed by atoms with Gasteiger partial charge in [-0.3, -0.25) is 11.3 Å². The fraction of sp³-hybridized carbons (Fsp3) is 0.250. The number of thiazole rings is 1. The van der Waals surface area contributed by atoms with Gasteiger partial charge in [-0.2, -0.15) is 0 Å². The zero-order chi connectivity index (χ0) is 12.3. The molecule has 17 heavy (non-hydrogen) atoms. The topological polar surface area (TPSA) is 50.9 Å². The average molecular weight is 251 g/mol. The maximum absolute atomic E-state index is 13.6. The molecule has 0 radical (unpaired) electrons. The first-order valence-corrected chi connectivity index (χ1v) is 6.20. The van der Waals surface area contributed by atoms with E-state index in [2.05, 4.69) is 10.4 Å². The highest BCUT2D eigenvalue weighted by Crippen LogP contribution is 2.22. The van der Waals surface area contributed by atoms with E-state index in [1.165, 1.54) is 6.07 Å². The van der Waals surface area contributed by atoms with E-state index in [1.54, 1.807) is 29.5 Å². The van der Waals surface area contributed by atoms with Gasteiger partial charge in [0.25, 0.3) is 0 Å². The minimum Gasteiger partial charge on any atom is -0.271 e. The number of rotatable bonds is 4. The van der Waals surface area contributed by atoms with Crippen LogP contribution in [0.2, 0.25) is 0 Å². The summed E-state index contributed by atoms with van der Waals surface area (Å²) in [6.45, 7) is 1.94. The molecule has 0 bridgehead atoms. The highest BCUT2D eigenvalue weighted by molar-refractivity contribution is 7.09. The molecule has 1 atom stereocenters. The molecule has 1 aromatic heterocycles. The molecule has 1 aromatic carbocycles. The third-order valence-corrected chi connectivity index (χ3v) is 3.52. The van der Waals surface area contributed by atoms with Crippen LogP contribution in [-0.4, -0.2) is 4.98 Å². The van der Waals surface area contributed by atoms with Crippen molar-refractivity contribution in [2.24, 2.45) is 5.84 Å². The maximum Gasteiger partial charge on any atom is 0.128 e. The fourth-order valence-electron chi connectivity index (χ4n) is 1.69. The molecular formula is C12H14FN3S. The van der Waals surface area contributed by atoms with Crippen molar-refractivity contribution in [2.45, 2.75) is 19.4 Å². The minimum atomic E-state index is -0.248. The smallest absolute Gasteiger partial charge is 0.128 e. The van der Waals surface area contributed by atoms with Crippen LogP contribution in [0.1, 0.15) is 22.3 Å². The van der Waals surface area contributed by atoms with Gasteiger partial charge in [0, 0.05) is 23.1 Å². The van der Waals surface area contributed by atoms with E-state index in [1.807, 2.05) is 12.3 Å². The Labute approximate surface area is 103 Å². The zero-order valence-electron chi connectivity index (χ0n) is 9.48. The largest absolute Gasteiger partial charge is 0.271 e. The molecule has 0 spiro atoms. The van der Waals surface area contributed by atoms with Gasteiger partial charge in [0.1, 0.15) is 5.82 Å². The number of nitrogens with two attached hydrogens (primary N) is 1. The Kier molecular flexibility index (Phi) is 3.83. The van der Waals surface area contributed by atoms with Crippen LogP contribution in [0, 0.1) is 12.7 Å². The van der Waals surface area contributed by atoms with E-state index >= 15 is 0 Å². The Morgan fingerprint density at radius 3 is 2.82 bits per heavy atom. The number of nitrogens with one attached hydrogen (secondary N) is 1. The highest BCUT2D eigenvalue weighted by Gasteiger charge is 2.15. The lowest BCUT2D eigenvalue weighted by molar-refractivity contribution is 0.509. The summed E-state index contributed by atoms with van der Waals surface area (Å²) in [6, 6.07) is 6.39. The third-order valence-electron chi connectivity index (χ3n) is 2.53. The van der Waals surface area contributed by atoms with E-state index in [0.29, 0.717) is 12.0 Å². The van der Waals surface area contributed by atoms with Crippen molar-refractivity contribution in [1.82, 2.24) is 10.4 Å². The van der Waals surface area contributed by atoms with Gasteiger partial charge in [-0.1, -0.05) is 18.2 Å². The second-order valence-electron chi connectivity index (χ2n) is 3.83. The molecule has 0 amide bonds. The first-order chi connectivity index (χ1) is 8.20. The molecule has 0 saturated carbocycles. The predicted molar refractivity (Wildman–Crippen MR) is 67.0 cm³/mol. The lowest BCUT2D eigenvalue weighted by atomic mass is 10.0. The van der Waals surface area contributed by atoms with Crippen LogP contribution in [0.15, 0.2) is 29.6 Å². The number of aryl methyl sites for hydroxylation is 1. The second-order valence-corrected chi connectivity index (χ2v) is 4.77. The molecule has 2 aromatic rings. The molecule has 3 N–H and O–H groups in total. The molecule has 1 heterocycles.